The Labute approximate surface area is 94.3 Å². The Kier molecular flexibility index (Phi) is 3.17. The zero-order valence-electron chi connectivity index (χ0n) is 9.05. The fourth-order valence-electron chi connectivity index (χ4n) is 1.64. The van der Waals surface area contributed by atoms with Crippen LogP contribution in [0.2, 0.25) is 0 Å². The average molecular weight is 215 g/mol. The van der Waals surface area contributed by atoms with Crippen LogP contribution in [0.4, 0.5) is 0 Å². The molecule has 3 nitrogen and oxygen atoms in total. The molecule has 1 N–H and O–H groups in total. The van der Waals surface area contributed by atoms with Crippen LogP contribution in [0.25, 0.3) is 11.3 Å². The third kappa shape index (κ3) is 1.90. The minimum Gasteiger partial charge on any atom is -0.494 e. The van der Waals surface area contributed by atoms with E-state index in [1.807, 2.05) is 30.3 Å². The number of aliphatic hydroxyl groups is 1. The lowest BCUT2D eigenvalue weighted by atomic mass is 10.1. The lowest BCUT2D eigenvalue weighted by molar-refractivity contribution is 0.273. The Bertz CT molecular complexity index is 469. The third-order valence-electron chi connectivity index (χ3n) is 2.41. The highest BCUT2D eigenvalue weighted by Crippen LogP contribution is 2.30. The van der Waals surface area contributed by atoms with E-state index in [9.17, 15) is 5.11 Å². The van der Waals surface area contributed by atoms with E-state index in [1.165, 1.54) is 0 Å². The molecule has 1 aromatic carbocycles. The molecule has 0 atom stereocenters. The maximum atomic E-state index is 9.21. The minimum absolute atomic E-state index is 0.0501. The maximum Gasteiger partial charge on any atom is 0.150 e. The molecule has 0 saturated heterocycles. The quantitative estimate of drug-likeness (QED) is 0.853. The first-order chi connectivity index (χ1) is 7.86. The van der Waals surface area contributed by atoms with E-state index in [4.69, 9.17) is 4.74 Å². The minimum atomic E-state index is -0.0501. The van der Waals surface area contributed by atoms with Crippen molar-refractivity contribution in [3.05, 3.63) is 48.2 Å². The number of aromatic nitrogens is 1. The summed E-state index contributed by atoms with van der Waals surface area (Å²) < 4.78 is 5.30. The molecule has 0 fully saturated rings. The number of pyridine rings is 1. The second kappa shape index (κ2) is 4.77. The van der Waals surface area contributed by atoms with Crippen molar-refractivity contribution in [2.24, 2.45) is 0 Å². The number of aliphatic hydroxyl groups excluding tert-OH is 1. The Morgan fingerprint density at radius 1 is 1.19 bits per heavy atom. The number of ether oxygens (including phenoxy) is 1. The molecule has 0 amide bonds. The standard InChI is InChI=1S/C13H13NO2/c1-16-13-11(9-15)7-8-14-12(13)10-5-3-2-4-6-10/h2-8,15H,9H2,1H3. The molecule has 1 aromatic heterocycles. The van der Waals surface area contributed by atoms with E-state index < -0.39 is 0 Å². The predicted octanol–water partition coefficient (Wildman–Crippen LogP) is 2.25. The van der Waals surface area contributed by atoms with Crippen molar-refractivity contribution in [1.82, 2.24) is 4.98 Å². The summed E-state index contributed by atoms with van der Waals surface area (Å²) in [4.78, 5) is 4.29. The summed E-state index contributed by atoms with van der Waals surface area (Å²) in [6, 6.07) is 11.5. The molecule has 2 rings (SSSR count). The molecule has 1 heterocycles. The zero-order chi connectivity index (χ0) is 11.4. The monoisotopic (exact) mass is 215 g/mol. The molecule has 16 heavy (non-hydrogen) atoms. The Morgan fingerprint density at radius 3 is 2.56 bits per heavy atom. The van der Waals surface area contributed by atoms with E-state index in [0.717, 1.165) is 16.8 Å². The molecule has 0 radical (unpaired) electrons. The third-order valence-corrected chi connectivity index (χ3v) is 2.41. The fraction of sp³-hybridized carbons (Fsp3) is 0.154. The molecule has 0 bridgehead atoms. The maximum absolute atomic E-state index is 9.21. The molecule has 2 aromatic rings. The second-order valence-corrected chi connectivity index (χ2v) is 3.38. The fourth-order valence-corrected chi connectivity index (χ4v) is 1.64. The lowest BCUT2D eigenvalue weighted by Gasteiger charge is -2.10. The average Bonchev–Trinajstić information content (AvgIpc) is 2.38. The number of rotatable bonds is 3. The van der Waals surface area contributed by atoms with Crippen molar-refractivity contribution in [2.75, 3.05) is 7.11 Å². The van der Waals surface area contributed by atoms with Crippen molar-refractivity contribution in [1.29, 1.82) is 0 Å². The van der Waals surface area contributed by atoms with Gasteiger partial charge in [-0.2, -0.15) is 0 Å². The summed E-state index contributed by atoms with van der Waals surface area (Å²) in [5.41, 5.74) is 2.49. The van der Waals surface area contributed by atoms with E-state index in [0.29, 0.717) is 5.75 Å². The van der Waals surface area contributed by atoms with E-state index >= 15 is 0 Å². The summed E-state index contributed by atoms with van der Waals surface area (Å²) in [6.07, 6.45) is 1.68. The Balaban J connectivity index is 2.57. The van der Waals surface area contributed by atoms with Crippen LogP contribution in [-0.2, 0) is 6.61 Å². The highest BCUT2D eigenvalue weighted by molar-refractivity contribution is 5.67. The Hall–Kier alpha value is -1.87. The number of nitrogens with zero attached hydrogens (tertiary/aromatic N) is 1. The van der Waals surface area contributed by atoms with Gasteiger partial charge in [0.05, 0.1) is 13.7 Å². The van der Waals surface area contributed by atoms with Gasteiger partial charge in [0.15, 0.2) is 5.75 Å². The predicted molar refractivity (Wildman–Crippen MR) is 62.1 cm³/mol. The topological polar surface area (TPSA) is 42.4 Å². The SMILES string of the molecule is COc1c(CO)ccnc1-c1ccccc1. The van der Waals surface area contributed by atoms with Gasteiger partial charge in [-0.05, 0) is 6.07 Å². The van der Waals surface area contributed by atoms with Crippen molar-refractivity contribution >= 4 is 0 Å². The van der Waals surface area contributed by atoms with Crippen LogP contribution < -0.4 is 4.74 Å². The van der Waals surface area contributed by atoms with Crippen LogP contribution in [0.5, 0.6) is 5.75 Å². The highest BCUT2D eigenvalue weighted by Gasteiger charge is 2.10. The lowest BCUT2D eigenvalue weighted by Crippen LogP contribution is -1.96. The van der Waals surface area contributed by atoms with Gasteiger partial charge in [0.1, 0.15) is 5.69 Å². The molecule has 3 heteroatoms. The van der Waals surface area contributed by atoms with Gasteiger partial charge in [0.2, 0.25) is 0 Å². The number of hydrogen-bond donors (Lipinski definition) is 1. The van der Waals surface area contributed by atoms with Crippen molar-refractivity contribution < 1.29 is 9.84 Å². The summed E-state index contributed by atoms with van der Waals surface area (Å²) in [5, 5.41) is 9.21. The second-order valence-electron chi connectivity index (χ2n) is 3.38. The van der Waals surface area contributed by atoms with E-state index in [-0.39, 0.29) is 6.61 Å². The van der Waals surface area contributed by atoms with Crippen LogP contribution in [0.15, 0.2) is 42.6 Å². The number of benzene rings is 1. The smallest absolute Gasteiger partial charge is 0.150 e. The molecular formula is C13H13NO2. The van der Waals surface area contributed by atoms with Crippen molar-refractivity contribution in [3.63, 3.8) is 0 Å². The van der Waals surface area contributed by atoms with Crippen LogP contribution >= 0.6 is 0 Å². The van der Waals surface area contributed by atoms with Gasteiger partial charge >= 0.3 is 0 Å². The van der Waals surface area contributed by atoms with Gasteiger partial charge < -0.3 is 9.84 Å². The molecule has 0 saturated carbocycles. The van der Waals surface area contributed by atoms with E-state index in [1.54, 1.807) is 19.4 Å². The molecule has 0 unspecified atom stereocenters. The molecule has 82 valence electrons. The van der Waals surface area contributed by atoms with E-state index in [2.05, 4.69) is 4.98 Å². The summed E-state index contributed by atoms with van der Waals surface area (Å²) in [6.45, 7) is -0.0501. The first kappa shape index (κ1) is 10.6. The van der Waals surface area contributed by atoms with Crippen molar-refractivity contribution in [3.8, 4) is 17.0 Å². The van der Waals surface area contributed by atoms with Crippen LogP contribution in [0.3, 0.4) is 0 Å². The van der Waals surface area contributed by atoms with Gasteiger partial charge in [-0.25, -0.2) is 0 Å². The van der Waals surface area contributed by atoms with Crippen LogP contribution in [-0.4, -0.2) is 17.2 Å². The zero-order valence-corrected chi connectivity index (χ0v) is 9.05. The first-order valence-corrected chi connectivity index (χ1v) is 5.05. The van der Waals surface area contributed by atoms with Crippen LogP contribution in [0.1, 0.15) is 5.56 Å². The number of methoxy groups -OCH3 is 1. The number of hydrogen-bond acceptors (Lipinski definition) is 3. The van der Waals surface area contributed by atoms with Gasteiger partial charge in [-0.3, -0.25) is 4.98 Å². The summed E-state index contributed by atoms with van der Waals surface area (Å²) in [5.74, 6) is 0.635. The molecule has 0 aliphatic heterocycles. The highest BCUT2D eigenvalue weighted by atomic mass is 16.5. The molecular weight excluding hydrogens is 202 g/mol. The van der Waals surface area contributed by atoms with Gasteiger partial charge in [-0.1, -0.05) is 30.3 Å². The van der Waals surface area contributed by atoms with Gasteiger partial charge in [-0.15, -0.1) is 0 Å². The van der Waals surface area contributed by atoms with Gasteiger partial charge in [0.25, 0.3) is 0 Å². The summed E-state index contributed by atoms with van der Waals surface area (Å²) >= 11 is 0. The largest absolute Gasteiger partial charge is 0.494 e. The molecule has 0 aliphatic rings. The van der Waals surface area contributed by atoms with Crippen LogP contribution in [0, 0.1) is 0 Å². The Morgan fingerprint density at radius 2 is 1.94 bits per heavy atom. The van der Waals surface area contributed by atoms with Gasteiger partial charge in [0, 0.05) is 17.3 Å². The molecule has 0 spiro atoms. The van der Waals surface area contributed by atoms with Crippen molar-refractivity contribution in [2.45, 2.75) is 6.61 Å². The summed E-state index contributed by atoms with van der Waals surface area (Å²) in [7, 11) is 1.59. The first-order valence-electron chi connectivity index (χ1n) is 5.05. The normalized spacial score (nSPS) is 10.1. The molecule has 0 aliphatic carbocycles.